The summed E-state index contributed by atoms with van der Waals surface area (Å²) >= 11 is 1.05. The van der Waals surface area contributed by atoms with Crippen LogP contribution in [0.2, 0.25) is 0 Å². The van der Waals surface area contributed by atoms with Crippen LogP contribution < -0.4 is 5.32 Å². The van der Waals surface area contributed by atoms with Gasteiger partial charge < -0.3 is 5.32 Å². The standard InChI is InChI=1S/C15H17F2N3OS/c16-14(17)20-12-8-4-3-7-11(12)19-15(20)22-9-13(21)18-10-5-1-2-6-10/h3-4,7-8,10,14H,1-2,5-6,9H2,(H,18,21). The number of aromatic nitrogens is 2. The van der Waals surface area contributed by atoms with E-state index in [-0.39, 0.29) is 22.9 Å². The molecule has 1 amide bonds. The molecule has 0 spiro atoms. The van der Waals surface area contributed by atoms with Crippen LogP contribution in [0.15, 0.2) is 29.4 Å². The number of nitrogens with one attached hydrogen (secondary N) is 1. The van der Waals surface area contributed by atoms with Gasteiger partial charge in [0.15, 0.2) is 5.16 Å². The summed E-state index contributed by atoms with van der Waals surface area (Å²) in [5, 5.41) is 3.13. The number of rotatable bonds is 5. The van der Waals surface area contributed by atoms with Gasteiger partial charge in [0.25, 0.3) is 0 Å². The van der Waals surface area contributed by atoms with Gasteiger partial charge >= 0.3 is 6.55 Å². The normalized spacial score (nSPS) is 15.8. The molecule has 1 aliphatic carbocycles. The molecule has 4 nitrogen and oxygen atoms in total. The van der Waals surface area contributed by atoms with Gasteiger partial charge in [-0.3, -0.25) is 9.36 Å². The highest BCUT2D eigenvalue weighted by atomic mass is 32.2. The summed E-state index contributed by atoms with van der Waals surface area (Å²) in [5.74, 6) is -0.0169. The Labute approximate surface area is 131 Å². The van der Waals surface area contributed by atoms with Crippen molar-refractivity contribution in [3.8, 4) is 0 Å². The van der Waals surface area contributed by atoms with Crippen LogP contribution in [0, 0.1) is 0 Å². The Morgan fingerprint density at radius 3 is 2.82 bits per heavy atom. The van der Waals surface area contributed by atoms with E-state index in [0.717, 1.165) is 42.0 Å². The molecule has 1 aromatic heterocycles. The molecule has 118 valence electrons. The van der Waals surface area contributed by atoms with Gasteiger partial charge in [0.2, 0.25) is 5.91 Å². The number of benzene rings is 1. The van der Waals surface area contributed by atoms with E-state index in [9.17, 15) is 13.6 Å². The van der Waals surface area contributed by atoms with Crippen molar-refractivity contribution < 1.29 is 13.6 Å². The summed E-state index contributed by atoms with van der Waals surface area (Å²) in [7, 11) is 0. The monoisotopic (exact) mass is 325 g/mol. The number of nitrogens with zero attached hydrogens (tertiary/aromatic N) is 2. The summed E-state index contributed by atoms with van der Waals surface area (Å²) in [6.45, 7) is -2.67. The van der Waals surface area contributed by atoms with E-state index >= 15 is 0 Å². The number of hydrogen-bond donors (Lipinski definition) is 1. The number of imidazole rings is 1. The van der Waals surface area contributed by atoms with Crippen molar-refractivity contribution in [1.29, 1.82) is 0 Å². The lowest BCUT2D eigenvalue weighted by molar-refractivity contribution is -0.119. The van der Waals surface area contributed by atoms with Gasteiger partial charge in [0.1, 0.15) is 0 Å². The molecule has 1 heterocycles. The summed E-state index contributed by atoms with van der Waals surface area (Å²) in [6, 6.07) is 6.99. The molecule has 0 radical (unpaired) electrons. The van der Waals surface area contributed by atoms with Crippen LogP contribution >= 0.6 is 11.8 Å². The molecule has 3 rings (SSSR count). The lowest BCUT2D eigenvalue weighted by Crippen LogP contribution is -2.33. The minimum Gasteiger partial charge on any atom is -0.353 e. The molecule has 7 heteroatoms. The lowest BCUT2D eigenvalue weighted by atomic mass is 10.2. The highest BCUT2D eigenvalue weighted by Gasteiger charge is 2.20. The molecule has 1 saturated carbocycles. The van der Waals surface area contributed by atoms with Gasteiger partial charge in [0, 0.05) is 6.04 Å². The summed E-state index contributed by atoms with van der Waals surface area (Å²) in [6.07, 6.45) is 4.29. The second-order valence-electron chi connectivity index (χ2n) is 5.37. The fraction of sp³-hybridized carbons (Fsp3) is 0.467. The topological polar surface area (TPSA) is 46.9 Å². The Hall–Kier alpha value is -1.63. The van der Waals surface area contributed by atoms with Gasteiger partial charge in [-0.15, -0.1) is 0 Å². The van der Waals surface area contributed by atoms with E-state index in [1.165, 1.54) is 0 Å². The van der Waals surface area contributed by atoms with Crippen LogP contribution in [-0.4, -0.2) is 27.3 Å². The zero-order valence-corrected chi connectivity index (χ0v) is 12.8. The highest BCUT2D eigenvalue weighted by molar-refractivity contribution is 7.99. The molecule has 1 fully saturated rings. The number of amides is 1. The van der Waals surface area contributed by atoms with E-state index in [1.807, 2.05) is 0 Å². The molecule has 0 aliphatic heterocycles. The van der Waals surface area contributed by atoms with E-state index in [0.29, 0.717) is 11.0 Å². The first-order valence-corrected chi connectivity index (χ1v) is 8.31. The minimum atomic E-state index is -2.67. The predicted octanol–water partition coefficient (Wildman–Crippen LogP) is 3.58. The SMILES string of the molecule is O=C(CSc1nc2ccccc2n1C(F)F)NC1CCCC1. The van der Waals surface area contributed by atoms with Crippen molar-refractivity contribution in [3.63, 3.8) is 0 Å². The average Bonchev–Trinajstić information content (AvgIpc) is 3.11. The first kappa shape index (κ1) is 15.3. The third-order valence-electron chi connectivity index (χ3n) is 3.81. The number of carbonyl (C=O) groups is 1. The number of thioether (sulfide) groups is 1. The first-order chi connectivity index (χ1) is 10.6. The fourth-order valence-corrected chi connectivity index (χ4v) is 3.61. The number of hydrogen-bond acceptors (Lipinski definition) is 3. The maximum atomic E-state index is 13.3. The zero-order valence-electron chi connectivity index (χ0n) is 12.0. The third kappa shape index (κ3) is 3.24. The van der Waals surface area contributed by atoms with Gasteiger partial charge in [-0.05, 0) is 25.0 Å². The molecule has 1 aromatic carbocycles. The van der Waals surface area contributed by atoms with Gasteiger partial charge in [-0.25, -0.2) is 4.98 Å². The quantitative estimate of drug-likeness (QED) is 0.855. The maximum Gasteiger partial charge on any atom is 0.321 e. The minimum absolute atomic E-state index is 0.104. The third-order valence-corrected chi connectivity index (χ3v) is 4.76. The number of para-hydroxylation sites is 2. The largest absolute Gasteiger partial charge is 0.353 e. The van der Waals surface area contributed by atoms with E-state index in [1.54, 1.807) is 24.3 Å². The molecule has 0 bridgehead atoms. The van der Waals surface area contributed by atoms with Crippen LogP contribution in [0.3, 0.4) is 0 Å². The van der Waals surface area contributed by atoms with Crippen molar-refractivity contribution in [2.45, 2.75) is 43.4 Å². The average molecular weight is 325 g/mol. The van der Waals surface area contributed by atoms with Crippen molar-refractivity contribution in [2.24, 2.45) is 0 Å². The smallest absolute Gasteiger partial charge is 0.321 e. The zero-order chi connectivity index (χ0) is 15.5. The maximum absolute atomic E-state index is 13.3. The number of carbonyl (C=O) groups excluding carboxylic acids is 1. The summed E-state index contributed by atoms with van der Waals surface area (Å²) < 4.78 is 27.4. The van der Waals surface area contributed by atoms with Crippen molar-refractivity contribution in [1.82, 2.24) is 14.9 Å². The second-order valence-corrected chi connectivity index (χ2v) is 6.31. The Bertz CT molecular complexity index is 668. The van der Waals surface area contributed by atoms with E-state index in [2.05, 4.69) is 10.3 Å². The molecule has 0 atom stereocenters. The molecular formula is C15H17F2N3OS. The van der Waals surface area contributed by atoms with Gasteiger partial charge in [-0.2, -0.15) is 8.78 Å². The molecule has 0 saturated heterocycles. The van der Waals surface area contributed by atoms with Gasteiger partial charge in [0.05, 0.1) is 16.8 Å². The molecule has 22 heavy (non-hydrogen) atoms. The van der Waals surface area contributed by atoms with Crippen molar-refractivity contribution in [3.05, 3.63) is 24.3 Å². The van der Waals surface area contributed by atoms with Crippen LogP contribution in [0.5, 0.6) is 0 Å². The highest BCUT2D eigenvalue weighted by Crippen LogP contribution is 2.29. The number of halogens is 2. The van der Waals surface area contributed by atoms with Crippen LogP contribution in [-0.2, 0) is 4.79 Å². The second kappa shape index (κ2) is 6.64. The lowest BCUT2D eigenvalue weighted by Gasteiger charge is -2.11. The molecule has 1 aliphatic rings. The van der Waals surface area contributed by atoms with Crippen LogP contribution in [0.25, 0.3) is 11.0 Å². The Morgan fingerprint density at radius 1 is 1.36 bits per heavy atom. The van der Waals surface area contributed by atoms with Gasteiger partial charge in [-0.1, -0.05) is 36.7 Å². The summed E-state index contributed by atoms with van der Waals surface area (Å²) in [5.41, 5.74) is 0.901. The first-order valence-electron chi connectivity index (χ1n) is 7.32. The van der Waals surface area contributed by atoms with Crippen molar-refractivity contribution in [2.75, 3.05) is 5.75 Å². The predicted molar refractivity (Wildman–Crippen MR) is 82.1 cm³/mol. The molecule has 0 unspecified atom stereocenters. The van der Waals surface area contributed by atoms with Crippen molar-refractivity contribution >= 4 is 28.7 Å². The Kier molecular flexibility index (Phi) is 4.61. The van der Waals surface area contributed by atoms with Crippen LogP contribution in [0.4, 0.5) is 8.78 Å². The van der Waals surface area contributed by atoms with E-state index in [4.69, 9.17) is 0 Å². The fourth-order valence-electron chi connectivity index (χ4n) is 2.78. The number of fused-ring (bicyclic) bond motifs is 1. The molecule has 1 N–H and O–H groups in total. The Morgan fingerprint density at radius 2 is 2.09 bits per heavy atom. The molecule has 2 aromatic rings. The van der Waals surface area contributed by atoms with E-state index < -0.39 is 6.55 Å². The molecular weight excluding hydrogens is 308 g/mol. The Balaban J connectivity index is 1.70. The van der Waals surface area contributed by atoms with Crippen LogP contribution in [0.1, 0.15) is 32.2 Å². The summed E-state index contributed by atoms with van der Waals surface area (Å²) in [4.78, 5) is 16.1. The number of alkyl halides is 2.